The summed E-state index contributed by atoms with van der Waals surface area (Å²) in [6.45, 7) is 0. The van der Waals surface area contributed by atoms with Crippen LogP contribution in [0.1, 0.15) is 5.56 Å². The first kappa shape index (κ1) is 14.4. The van der Waals surface area contributed by atoms with Gasteiger partial charge in [-0.15, -0.1) is 0 Å². The summed E-state index contributed by atoms with van der Waals surface area (Å²) in [6, 6.07) is 18.6. The van der Waals surface area contributed by atoms with Crippen LogP contribution < -0.4 is 16.2 Å². The van der Waals surface area contributed by atoms with E-state index in [9.17, 15) is 5.26 Å². The van der Waals surface area contributed by atoms with Gasteiger partial charge in [-0.2, -0.15) is 10.2 Å². The van der Waals surface area contributed by atoms with Crippen LogP contribution in [0, 0.1) is 11.3 Å². The highest BCUT2D eigenvalue weighted by molar-refractivity contribution is 5.73. The Bertz CT molecular complexity index is 870. The van der Waals surface area contributed by atoms with E-state index in [0.29, 0.717) is 17.0 Å². The third-order valence-electron chi connectivity index (χ3n) is 3.17. The first-order chi connectivity index (χ1) is 11.2. The Hall–Kier alpha value is -3.59. The number of para-hydroxylation sites is 1. The van der Waals surface area contributed by atoms with E-state index in [0.717, 1.165) is 5.75 Å². The summed E-state index contributed by atoms with van der Waals surface area (Å²) in [5, 5.41) is 9.23. The molecule has 0 bridgehead atoms. The van der Waals surface area contributed by atoms with Crippen molar-refractivity contribution in [3.63, 3.8) is 0 Å². The monoisotopic (exact) mass is 303 g/mol. The number of ether oxygens (including phenoxy) is 1. The highest BCUT2D eigenvalue weighted by atomic mass is 16.5. The number of nitrogens with zero attached hydrogens (tertiary/aromatic N) is 3. The molecule has 23 heavy (non-hydrogen) atoms. The molecule has 0 aliphatic heterocycles. The van der Waals surface area contributed by atoms with Crippen molar-refractivity contribution >= 4 is 11.8 Å². The van der Waals surface area contributed by atoms with Gasteiger partial charge in [0.05, 0.1) is 5.69 Å². The van der Waals surface area contributed by atoms with Crippen LogP contribution in [0.3, 0.4) is 0 Å². The van der Waals surface area contributed by atoms with Crippen LogP contribution in [0.15, 0.2) is 54.6 Å². The summed E-state index contributed by atoms with van der Waals surface area (Å²) in [5.74, 6) is 1.52. The lowest BCUT2D eigenvalue weighted by Gasteiger charge is -2.08. The smallest absolute Gasteiger partial charge is 0.222 e. The maximum absolute atomic E-state index is 9.23. The zero-order valence-electron chi connectivity index (χ0n) is 12.1. The van der Waals surface area contributed by atoms with Crippen molar-refractivity contribution in [2.24, 2.45) is 0 Å². The molecular formula is C17H13N5O. The van der Waals surface area contributed by atoms with Gasteiger partial charge in [0.25, 0.3) is 0 Å². The fraction of sp³-hybridized carbons (Fsp3) is 0. The molecule has 0 spiro atoms. The van der Waals surface area contributed by atoms with Gasteiger partial charge >= 0.3 is 0 Å². The molecule has 3 rings (SSSR count). The van der Waals surface area contributed by atoms with Crippen LogP contribution in [-0.4, -0.2) is 9.97 Å². The highest BCUT2D eigenvalue weighted by Gasteiger charge is 2.13. The average Bonchev–Trinajstić information content (AvgIpc) is 2.56. The third kappa shape index (κ3) is 3.04. The SMILES string of the molecule is N#Cc1c(N)nc(N)nc1-c1ccc(Oc2ccccc2)cc1. The maximum Gasteiger partial charge on any atom is 0.222 e. The van der Waals surface area contributed by atoms with Crippen LogP contribution in [0.4, 0.5) is 11.8 Å². The molecule has 6 nitrogen and oxygen atoms in total. The molecule has 3 aromatic rings. The Morgan fingerprint density at radius 2 is 1.52 bits per heavy atom. The number of anilines is 2. The highest BCUT2D eigenvalue weighted by Crippen LogP contribution is 2.28. The number of nitrogen functional groups attached to an aromatic ring is 2. The van der Waals surface area contributed by atoms with Crippen molar-refractivity contribution in [2.75, 3.05) is 11.5 Å². The van der Waals surface area contributed by atoms with Gasteiger partial charge in [-0.05, 0) is 36.4 Å². The van der Waals surface area contributed by atoms with Gasteiger partial charge < -0.3 is 16.2 Å². The van der Waals surface area contributed by atoms with Crippen LogP contribution in [-0.2, 0) is 0 Å². The molecule has 0 saturated carbocycles. The molecule has 1 aromatic heterocycles. The maximum atomic E-state index is 9.23. The van der Waals surface area contributed by atoms with E-state index in [-0.39, 0.29) is 17.3 Å². The number of nitrogens with two attached hydrogens (primary N) is 2. The van der Waals surface area contributed by atoms with Crippen molar-refractivity contribution in [3.05, 3.63) is 60.2 Å². The summed E-state index contributed by atoms with van der Waals surface area (Å²) in [5.41, 5.74) is 12.7. The van der Waals surface area contributed by atoms with Gasteiger partial charge in [-0.3, -0.25) is 0 Å². The number of nitriles is 1. The lowest BCUT2D eigenvalue weighted by atomic mass is 10.1. The lowest BCUT2D eigenvalue weighted by Crippen LogP contribution is -2.04. The standard InChI is InChI=1S/C17H13N5O/c18-10-14-15(21-17(20)22-16(14)19)11-6-8-13(9-7-11)23-12-4-2-1-3-5-12/h1-9H,(H4,19,20,21,22). The minimum Gasteiger partial charge on any atom is -0.457 e. The second-order valence-corrected chi connectivity index (χ2v) is 4.74. The molecule has 2 aromatic carbocycles. The van der Waals surface area contributed by atoms with Crippen LogP contribution in [0.5, 0.6) is 11.5 Å². The molecular weight excluding hydrogens is 290 g/mol. The van der Waals surface area contributed by atoms with E-state index < -0.39 is 0 Å². The van der Waals surface area contributed by atoms with Crippen LogP contribution in [0.25, 0.3) is 11.3 Å². The van der Waals surface area contributed by atoms with Gasteiger partial charge in [-0.1, -0.05) is 18.2 Å². The van der Waals surface area contributed by atoms with Crippen molar-refractivity contribution in [2.45, 2.75) is 0 Å². The molecule has 0 amide bonds. The molecule has 1 heterocycles. The largest absolute Gasteiger partial charge is 0.457 e. The van der Waals surface area contributed by atoms with Crippen molar-refractivity contribution in [1.82, 2.24) is 9.97 Å². The van der Waals surface area contributed by atoms with Crippen molar-refractivity contribution in [3.8, 4) is 28.8 Å². The molecule has 6 heteroatoms. The Morgan fingerprint density at radius 3 is 2.17 bits per heavy atom. The van der Waals surface area contributed by atoms with E-state index in [1.54, 1.807) is 24.3 Å². The summed E-state index contributed by atoms with van der Waals surface area (Å²) in [7, 11) is 0. The molecule has 4 N–H and O–H groups in total. The predicted octanol–water partition coefficient (Wildman–Crippen LogP) is 2.97. The van der Waals surface area contributed by atoms with Gasteiger partial charge in [0.2, 0.25) is 5.95 Å². The number of hydrogen-bond acceptors (Lipinski definition) is 6. The van der Waals surface area contributed by atoms with Gasteiger partial charge in [0, 0.05) is 5.56 Å². The number of aromatic nitrogens is 2. The fourth-order valence-electron chi connectivity index (χ4n) is 2.12. The van der Waals surface area contributed by atoms with Gasteiger partial charge in [0.15, 0.2) is 0 Å². The van der Waals surface area contributed by atoms with Gasteiger partial charge in [0.1, 0.15) is 28.9 Å². The molecule has 0 unspecified atom stereocenters. The number of rotatable bonds is 3. The van der Waals surface area contributed by atoms with Crippen molar-refractivity contribution < 1.29 is 4.74 Å². The third-order valence-corrected chi connectivity index (χ3v) is 3.17. The Labute approximate surface area is 133 Å². The minimum absolute atomic E-state index is 0.0288. The molecule has 0 aliphatic carbocycles. The second kappa shape index (κ2) is 6.03. The fourth-order valence-corrected chi connectivity index (χ4v) is 2.12. The Balaban J connectivity index is 1.93. The first-order valence-corrected chi connectivity index (χ1v) is 6.84. The zero-order chi connectivity index (χ0) is 16.2. The molecule has 0 atom stereocenters. The second-order valence-electron chi connectivity index (χ2n) is 4.74. The molecule has 0 radical (unpaired) electrons. The number of hydrogen-bond donors (Lipinski definition) is 2. The topological polar surface area (TPSA) is 111 Å². The predicted molar refractivity (Wildman–Crippen MR) is 87.5 cm³/mol. The Morgan fingerprint density at radius 1 is 0.870 bits per heavy atom. The van der Waals surface area contributed by atoms with E-state index in [4.69, 9.17) is 16.2 Å². The summed E-state index contributed by atoms with van der Waals surface area (Å²) >= 11 is 0. The Kier molecular flexibility index (Phi) is 3.77. The molecule has 112 valence electrons. The molecule has 0 saturated heterocycles. The minimum atomic E-state index is 0.0288. The summed E-state index contributed by atoms with van der Waals surface area (Å²) in [4.78, 5) is 7.91. The van der Waals surface area contributed by atoms with E-state index in [1.807, 2.05) is 36.4 Å². The quantitative estimate of drug-likeness (QED) is 0.769. The average molecular weight is 303 g/mol. The van der Waals surface area contributed by atoms with E-state index in [2.05, 4.69) is 9.97 Å². The molecule has 0 fully saturated rings. The van der Waals surface area contributed by atoms with E-state index >= 15 is 0 Å². The van der Waals surface area contributed by atoms with E-state index in [1.165, 1.54) is 0 Å². The van der Waals surface area contributed by atoms with Crippen molar-refractivity contribution in [1.29, 1.82) is 5.26 Å². The van der Waals surface area contributed by atoms with Crippen LogP contribution in [0.2, 0.25) is 0 Å². The summed E-state index contributed by atoms with van der Waals surface area (Å²) in [6.07, 6.45) is 0. The summed E-state index contributed by atoms with van der Waals surface area (Å²) < 4.78 is 5.73. The first-order valence-electron chi connectivity index (χ1n) is 6.84. The lowest BCUT2D eigenvalue weighted by molar-refractivity contribution is 0.483. The van der Waals surface area contributed by atoms with Gasteiger partial charge in [-0.25, -0.2) is 4.98 Å². The van der Waals surface area contributed by atoms with Crippen LogP contribution >= 0.6 is 0 Å². The number of benzene rings is 2. The normalized spacial score (nSPS) is 10.0. The zero-order valence-corrected chi connectivity index (χ0v) is 12.1. The molecule has 0 aliphatic rings.